The smallest absolute Gasteiger partial charge is 0.328 e. The highest BCUT2D eigenvalue weighted by atomic mass is 16.5. The summed E-state index contributed by atoms with van der Waals surface area (Å²) in [6.45, 7) is 5.67. The van der Waals surface area contributed by atoms with Gasteiger partial charge in [0.15, 0.2) is 0 Å². The number of H-pyrrole nitrogens is 1. The van der Waals surface area contributed by atoms with Crippen LogP contribution in [0.2, 0.25) is 0 Å². The summed E-state index contributed by atoms with van der Waals surface area (Å²) >= 11 is 0. The molecule has 2 aromatic carbocycles. The Hall–Kier alpha value is -3.59. The number of hydrogen-bond acceptors (Lipinski definition) is 6. The number of aromatic amines is 1. The molecule has 9 heteroatoms. The van der Waals surface area contributed by atoms with Gasteiger partial charge in [-0.3, -0.25) is 19.1 Å². The molecule has 168 valence electrons. The number of hydrogen-bond donors (Lipinski definition) is 2. The van der Waals surface area contributed by atoms with Crippen molar-refractivity contribution in [2.24, 2.45) is 0 Å². The van der Waals surface area contributed by atoms with E-state index in [1.807, 2.05) is 18.2 Å². The number of amides is 1. The van der Waals surface area contributed by atoms with Crippen LogP contribution in [0, 0.1) is 0 Å². The normalized spacial score (nSPS) is 14.5. The molecule has 0 atom stereocenters. The molecule has 1 amide bonds. The van der Waals surface area contributed by atoms with E-state index < -0.39 is 5.69 Å². The van der Waals surface area contributed by atoms with Crippen molar-refractivity contribution in [3.8, 4) is 5.75 Å². The van der Waals surface area contributed by atoms with Crippen LogP contribution in [0.25, 0.3) is 10.9 Å². The fourth-order valence-corrected chi connectivity index (χ4v) is 4.08. The Balaban J connectivity index is 1.43. The molecule has 9 nitrogen and oxygen atoms in total. The molecule has 4 rings (SSSR count). The monoisotopic (exact) mass is 437 g/mol. The van der Waals surface area contributed by atoms with Crippen LogP contribution in [0.4, 0.5) is 11.4 Å². The van der Waals surface area contributed by atoms with Crippen molar-refractivity contribution >= 4 is 28.2 Å². The second kappa shape index (κ2) is 9.27. The Morgan fingerprint density at radius 2 is 1.81 bits per heavy atom. The molecule has 2 heterocycles. The first-order valence-electron chi connectivity index (χ1n) is 10.6. The van der Waals surface area contributed by atoms with Gasteiger partial charge in [0.1, 0.15) is 5.75 Å². The SMILES string of the molecule is COc1ccccc1N1CCN(CCn2c(=O)[nH]c3cc(NC(C)=O)ccc3c2=O)CC1. The molecule has 0 radical (unpaired) electrons. The van der Waals surface area contributed by atoms with E-state index in [4.69, 9.17) is 4.74 Å². The number of carbonyl (C=O) groups excluding carboxylic acids is 1. The van der Waals surface area contributed by atoms with Crippen LogP contribution in [0.3, 0.4) is 0 Å². The summed E-state index contributed by atoms with van der Waals surface area (Å²) in [5, 5.41) is 3.07. The number of nitrogens with one attached hydrogen (secondary N) is 2. The average molecular weight is 438 g/mol. The van der Waals surface area contributed by atoms with E-state index in [0.717, 1.165) is 37.6 Å². The fraction of sp³-hybridized carbons (Fsp3) is 0.348. The lowest BCUT2D eigenvalue weighted by atomic mass is 10.2. The largest absolute Gasteiger partial charge is 0.495 e. The Labute approximate surface area is 185 Å². The topological polar surface area (TPSA) is 99.7 Å². The number of nitrogens with zero attached hydrogens (tertiary/aromatic N) is 3. The first-order chi connectivity index (χ1) is 15.5. The highest BCUT2D eigenvalue weighted by Gasteiger charge is 2.20. The third kappa shape index (κ3) is 4.52. The second-order valence-electron chi connectivity index (χ2n) is 7.83. The summed E-state index contributed by atoms with van der Waals surface area (Å²) < 4.78 is 6.71. The number of piperazine rings is 1. The molecule has 0 unspecified atom stereocenters. The summed E-state index contributed by atoms with van der Waals surface area (Å²) in [7, 11) is 1.68. The predicted molar refractivity (Wildman–Crippen MR) is 125 cm³/mol. The number of carbonyl (C=O) groups is 1. The van der Waals surface area contributed by atoms with Gasteiger partial charge < -0.3 is 19.9 Å². The minimum atomic E-state index is -0.449. The zero-order valence-corrected chi connectivity index (χ0v) is 18.3. The summed E-state index contributed by atoms with van der Waals surface area (Å²) in [5.41, 5.74) is 1.25. The molecule has 0 bridgehead atoms. The Morgan fingerprint density at radius 1 is 1.06 bits per heavy atom. The number of para-hydroxylation sites is 2. The predicted octanol–water partition coefficient (Wildman–Crippen LogP) is 1.48. The first kappa shape index (κ1) is 21.6. The lowest BCUT2D eigenvalue weighted by molar-refractivity contribution is -0.114. The molecular formula is C23H27N5O4. The minimum Gasteiger partial charge on any atom is -0.495 e. The van der Waals surface area contributed by atoms with Crippen molar-refractivity contribution in [2.75, 3.05) is 50.1 Å². The molecule has 1 fully saturated rings. The number of anilines is 2. The maximum atomic E-state index is 12.9. The van der Waals surface area contributed by atoms with Crippen LogP contribution in [-0.2, 0) is 11.3 Å². The highest BCUT2D eigenvalue weighted by molar-refractivity contribution is 5.91. The zero-order chi connectivity index (χ0) is 22.7. The number of fused-ring (bicyclic) bond motifs is 1. The quantitative estimate of drug-likeness (QED) is 0.606. The summed E-state index contributed by atoms with van der Waals surface area (Å²) in [6.07, 6.45) is 0. The van der Waals surface area contributed by atoms with Crippen LogP contribution < -0.4 is 26.2 Å². The number of ether oxygens (including phenoxy) is 1. The third-order valence-corrected chi connectivity index (χ3v) is 5.74. The van der Waals surface area contributed by atoms with Gasteiger partial charge in [0.05, 0.1) is 23.7 Å². The van der Waals surface area contributed by atoms with Crippen molar-refractivity contribution < 1.29 is 9.53 Å². The van der Waals surface area contributed by atoms with Gasteiger partial charge in [0, 0.05) is 51.9 Å². The van der Waals surface area contributed by atoms with E-state index in [2.05, 4.69) is 26.2 Å². The van der Waals surface area contributed by atoms with Crippen molar-refractivity contribution in [1.29, 1.82) is 0 Å². The first-order valence-corrected chi connectivity index (χ1v) is 10.6. The molecule has 1 aromatic heterocycles. The maximum Gasteiger partial charge on any atom is 0.328 e. The highest BCUT2D eigenvalue weighted by Crippen LogP contribution is 2.28. The van der Waals surface area contributed by atoms with E-state index in [1.54, 1.807) is 25.3 Å². The Bertz CT molecular complexity index is 1240. The standard InChI is InChI=1S/C23H27N5O4/c1-16(29)24-17-7-8-18-19(15-17)25-23(31)28(22(18)30)14-11-26-9-12-27(13-10-26)20-5-3-4-6-21(20)32-2/h3-8,15H,9-14H2,1-2H3,(H,24,29)(H,25,31). The summed E-state index contributed by atoms with van der Waals surface area (Å²) in [6, 6.07) is 12.9. The molecule has 1 aliphatic heterocycles. The minimum absolute atomic E-state index is 0.217. The van der Waals surface area contributed by atoms with Crippen LogP contribution in [0.5, 0.6) is 5.75 Å². The second-order valence-corrected chi connectivity index (χ2v) is 7.83. The van der Waals surface area contributed by atoms with Gasteiger partial charge >= 0.3 is 5.69 Å². The average Bonchev–Trinajstić information content (AvgIpc) is 2.78. The van der Waals surface area contributed by atoms with Crippen molar-refractivity contribution in [3.63, 3.8) is 0 Å². The number of aromatic nitrogens is 2. The molecule has 0 spiro atoms. The van der Waals surface area contributed by atoms with Gasteiger partial charge in [0.2, 0.25) is 5.91 Å². The summed E-state index contributed by atoms with van der Waals surface area (Å²) in [4.78, 5) is 44.0. The van der Waals surface area contributed by atoms with E-state index in [1.165, 1.54) is 11.5 Å². The number of rotatable bonds is 6. The molecule has 0 aliphatic carbocycles. The lowest BCUT2D eigenvalue weighted by Crippen LogP contribution is -2.48. The third-order valence-electron chi connectivity index (χ3n) is 5.74. The Morgan fingerprint density at radius 3 is 2.53 bits per heavy atom. The zero-order valence-electron chi connectivity index (χ0n) is 18.3. The molecule has 32 heavy (non-hydrogen) atoms. The van der Waals surface area contributed by atoms with E-state index in [0.29, 0.717) is 29.7 Å². The van der Waals surface area contributed by atoms with Gasteiger partial charge in [-0.2, -0.15) is 0 Å². The molecular weight excluding hydrogens is 410 g/mol. The van der Waals surface area contributed by atoms with Gasteiger partial charge in [-0.15, -0.1) is 0 Å². The summed E-state index contributed by atoms with van der Waals surface area (Å²) in [5.74, 6) is 0.641. The van der Waals surface area contributed by atoms with Crippen LogP contribution >= 0.6 is 0 Å². The van der Waals surface area contributed by atoms with Gasteiger partial charge in [0.25, 0.3) is 5.56 Å². The van der Waals surface area contributed by atoms with Crippen LogP contribution in [0.1, 0.15) is 6.92 Å². The van der Waals surface area contributed by atoms with Crippen molar-refractivity contribution in [2.45, 2.75) is 13.5 Å². The maximum absolute atomic E-state index is 12.9. The molecule has 1 saturated heterocycles. The van der Waals surface area contributed by atoms with Crippen LogP contribution in [0.15, 0.2) is 52.1 Å². The Kier molecular flexibility index (Phi) is 6.27. The van der Waals surface area contributed by atoms with Gasteiger partial charge in [-0.05, 0) is 30.3 Å². The lowest BCUT2D eigenvalue weighted by Gasteiger charge is -2.36. The van der Waals surface area contributed by atoms with Gasteiger partial charge in [-0.25, -0.2) is 4.79 Å². The van der Waals surface area contributed by atoms with E-state index >= 15 is 0 Å². The van der Waals surface area contributed by atoms with Crippen molar-refractivity contribution in [1.82, 2.24) is 14.5 Å². The number of benzene rings is 2. The van der Waals surface area contributed by atoms with E-state index in [9.17, 15) is 14.4 Å². The van der Waals surface area contributed by atoms with E-state index in [-0.39, 0.29) is 11.5 Å². The molecule has 3 aromatic rings. The van der Waals surface area contributed by atoms with Crippen molar-refractivity contribution in [3.05, 3.63) is 63.3 Å². The van der Waals surface area contributed by atoms with Crippen LogP contribution in [-0.4, -0.2) is 60.2 Å². The van der Waals surface area contributed by atoms with Gasteiger partial charge in [-0.1, -0.05) is 12.1 Å². The number of methoxy groups -OCH3 is 1. The molecule has 0 saturated carbocycles. The fourth-order valence-electron chi connectivity index (χ4n) is 4.08. The molecule has 2 N–H and O–H groups in total. The molecule has 1 aliphatic rings.